The van der Waals surface area contributed by atoms with Gasteiger partial charge in [0, 0.05) is 12.6 Å². The van der Waals surface area contributed by atoms with E-state index in [1.54, 1.807) is 0 Å². The van der Waals surface area contributed by atoms with Crippen LogP contribution in [0.15, 0.2) is 30.3 Å². The third-order valence-electron chi connectivity index (χ3n) is 2.27. The zero-order valence-corrected chi connectivity index (χ0v) is 8.53. The second-order valence-electron chi connectivity index (χ2n) is 3.33. The van der Waals surface area contributed by atoms with Crippen molar-refractivity contribution < 1.29 is 0 Å². The summed E-state index contributed by atoms with van der Waals surface area (Å²) in [6.45, 7) is 2.95. The smallest absolute Gasteiger partial charge is 0.0638 e. The Morgan fingerprint density at radius 1 is 1.36 bits per heavy atom. The van der Waals surface area contributed by atoms with Crippen molar-refractivity contribution in [2.45, 2.75) is 32.4 Å². The normalized spacial score (nSPS) is 12.0. The second-order valence-corrected chi connectivity index (χ2v) is 3.33. The van der Waals surface area contributed by atoms with E-state index in [9.17, 15) is 0 Å². The molecule has 74 valence electrons. The van der Waals surface area contributed by atoms with Gasteiger partial charge in [-0.25, -0.2) is 0 Å². The standard InChI is InChI=1S/C12H16N2/c1-2-12(8-9-13)14-10-11-6-4-3-5-7-11/h3-7,12,14H,2,8,10H2,1H3/t12-/m1/s1. The highest BCUT2D eigenvalue weighted by atomic mass is 14.9. The first-order valence-corrected chi connectivity index (χ1v) is 5.01. The molecule has 0 aliphatic rings. The molecule has 1 aromatic carbocycles. The van der Waals surface area contributed by atoms with E-state index in [1.165, 1.54) is 5.56 Å². The molecule has 0 unspecified atom stereocenters. The summed E-state index contributed by atoms with van der Waals surface area (Å²) in [7, 11) is 0. The van der Waals surface area contributed by atoms with Gasteiger partial charge < -0.3 is 5.32 Å². The zero-order chi connectivity index (χ0) is 10.2. The minimum atomic E-state index is 0.320. The molecule has 1 aromatic rings. The molecule has 0 aliphatic heterocycles. The lowest BCUT2D eigenvalue weighted by Crippen LogP contribution is -2.27. The molecule has 0 spiro atoms. The molecule has 1 atom stereocenters. The van der Waals surface area contributed by atoms with Crippen molar-refractivity contribution >= 4 is 0 Å². The number of benzene rings is 1. The van der Waals surface area contributed by atoms with Gasteiger partial charge in [-0.15, -0.1) is 0 Å². The number of nitriles is 1. The van der Waals surface area contributed by atoms with E-state index in [4.69, 9.17) is 5.26 Å². The summed E-state index contributed by atoms with van der Waals surface area (Å²) >= 11 is 0. The van der Waals surface area contributed by atoms with Crippen LogP contribution in [0, 0.1) is 11.3 Å². The van der Waals surface area contributed by atoms with Crippen LogP contribution in [0.25, 0.3) is 0 Å². The van der Waals surface area contributed by atoms with E-state index in [2.05, 4.69) is 30.4 Å². The third kappa shape index (κ3) is 3.59. The lowest BCUT2D eigenvalue weighted by atomic mass is 10.1. The van der Waals surface area contributed by atoms with Crippen molar-refractivity contribution in [2.75, 3.05) is 0 Å². The lowest BCUT2D eigenvalue weighted by molar-refractivity contribution is 0.505. The Morgan fingerprint density at radius 3 is 2.64 bits per heavy atom. The SMILES string of the molecule is CC[C@H](CC#N)NCc1ccccc1. The highest BCUT2D eigenvalue weighted by Gasteiger charge is 2.03. The van der Waals surface area contributed by atoms with Crippen LogP contribution in [0.1, 0.15) is 25.3 Å². The summed E-state index contributed by atoms with van der Waals surface area (Å²) in [5.74, 6) is 0. The number of hydrogen-bond acceptors (Lipinski definition) is 2. The number of nitrogens with one attached hydrogen (secondary N) is 1. The fourth-order valence-corrected chi connectivity index (χ4v) is 1.33. The Morgan fingerprint density at radius 2 is 2.07 bits per heavy atom. The molecule has 1 rings (SSSR count). The first kappa shape index (κ1) is 10.7. The molecule has 0 aromatic heterocycles. The van der Waals surface area contributed by atoms with Crippen molar-refractivity contribution in [3.63, 3.8) is 0 Å². The number of hydrogen-bond donors (Lipinski definition) is 1. The van der Waals surface area contributed by atoms with Crippen molar-refractivity contribution in [1.82, 2.24) is 5.32 Å². The Bertz CT molecular complexity index is 287. The average molecular weight is 188 g/mol. The van der Waals surface area contributed by atoms with Gasteiger partial charge in [0.2, 0.25) is 0 Å². The van der Waals surface area contributed by atoms with Gasteiger partial charge in [0.05, 0.1) is 12.5 Å². The summed E-state index contributed by atoms with van der Waals surface area (Å²) in [6, 6.07) is 12.8. The maximum absolute atomic E-state index is 8.57. The first-order valence-electron chi connectivity index (χ1n) is 5.01. The van der Waals surface area contributed by atoms with Crippen molar-refractivity contribution in [1.29, 1.82) is 5.26 Å². The molecule has 2 nitrogen and oxygen atoms in total. The van der Waals surface area contributed by atoms with Gasteiger partial charge in [-0.1, -0.05) is 37.3 Å². The predicted molar refractivity (Wildman–Crippen MR) is 57.6 cm³/mol. The molecule has 14 heavy (non-hydrogen) atoms. The van der Waals surface area contributed by atoms with E-state index in [0.717, 1.165) is 13.0 Å². The van der Waals surface area contributed by atoms with Gasteiger partial charge in [-0.05, 0) is 12.0 Å². The zero-order valence-electron chi connectivity index (χ0n) is 8.53. The molecule has 2 heteroatoms. The van der Waals surface area contributed by atoms with Gasteiger partial charge in [0.25, 0.3) is 0 Å². The van der Waals surface area contributed by atoms with Crippen molar-refractivity contribution in [2.24, 2.45) is 0 Å². The highest BCUT2D eigenvalue weighted by Crippen LogP contribution is 2.01. The fourth-order valence-electron chi connectivity index (χ4n) is 1.33. The van der Waals surface area contributed by atoms with Crippen LogP contribution < -0.4 is 5.32 Å². The summed E-state index contributed by atoms with van der Waals surface area (Å²) < 4.78 is 0. The molecule has 0 aliphatic carbocycles. The maximum Gasteiger partial charge on any atom is 0.0638 e. The van der Waals surface area contributed by atoms with Crippen LogP contribution in [0.3, 0.4) is 0 Å². The molecule has 0 radical (unpaired) electrons. The quantitative estimate of drug-likeness (QED) is 0.770. The molecular formula is C12H16N2. The van der Waals surface area contributed by atoms with Gasteiger partial charge >= 0.3 is 0 Å². The monoisotopic (exact) mass is 188 g/mol. The van der Waals surface area contributed by atoms with E-state index < -0.39 is 0 Å². The Kier molecular flexibility index (Phi) is 4.74. The molecule has 0 heterocycles. The first-order chi connectivity index (χ1) is 6.86. The minimum Gasteiger partial charge on any atom is -0.309 e. The molecule has 1 N–H and O–H groups in total. The predicted octanol–water partition coefficient (Wildman–Crippen LogP) is 2.47. The van der Waals surface area contributed by atoms with E-state index in [0.29, 0.717) is 12.5 Å². The average Bonchev–Trinajstić information content (AvgIpc) is 2.25. The minimum absolute atomic E-state index is 0.320. The van der Waals surface area contributed by atoms with Gasteiger partial charge in [-0.3, -0.25) is 0 Å². The Balaban J connectivity index is 2.36. The van der Waals surface area contributed by atoms with Crippen LogP contribution in [0.5, 0.6) is 0 Å². The fraction of sp³-hybridized carbons (Fsp3) is 0.417. The molecule has 0 saturated heterocycles. The maximum atomic E-state index is 8.57. The molecule has 0 fully saturated rings. The van der Waals surface area contributed by atoms with Crippen molar-refractivity contribution in [3.8, 4) is 6.07 Å². The van der Waals surface area contributed by atoms with Crippen molar-refractivity contribution in [3.05, 3.63) is 35.9 Å². The van der Waals surface area contributed by atoms with Crippen LogP contribution in [0.4, 0.5) is 0 Å². The molecule has 0 saturated carbocycles. The van der Waals surface area contributed by atoms with E-state index >= 15 is 0 Å². The highest BCUT2D eigenvalue weighted by molar-refractivity contribution is 5.14. The Hall–Kier alpha value is -1.33. The topological polar surface area (TPSA) is 35.8 Å². The molecule has 0 bridgehead atoms. The van der Waals surface area contributed by atoms with Crippen LogP contribution in [-0.4, -0.2) is 6.04 Å². The summed E-state index contributed by atoms with van der Waals surface area (Å²) in [4.78, 5) is 0. The van der Waals surface area contributed by atoms with Gasteiger partial charge in [0.1, 0.15) is 0 Å². The number of rotatable bonds is 5. The summed E-state index contributed by atoms with van der Waals surface area (Å²) in [5, 5.41) is 11.9. The number of nitrogens with zero attached hydrogens (tertiary/aromatic N) is 1. The second kappa shape index (κ2) is 6.17. The van der Waals surface area contributed by atoms with Crippen LogP contribution in [0.2, 0.25) is 0 Å². The van der Waals surface area contributed by atoms with Gasteiger partial charge in [0.15, 0.2) is 0 Å². The summed E-state index contributed by atoms with van der Waals surface area (Å²) in [5.41, 5.74) is 1.27. The van der Waals surface area contributed by atoms with Crippen LogP contribution >= 0.6 is 0 Å². The lowest BCUT2D eigenvalue weighted by Gasteiger charge is -2.13. The third-order valence-corrected chi connectivity index (χ3v) is 2.27. The van der Waals surface area contributed by atoms with Crippen LogP contribution in [-0.2, 0) is 6.54 Å². The van der Waals surface area contributed by atoms with E-state index in [-0.39, 0.29) is 0 Å². The largest absolute Gasteiger partial charge is 0.309 e. The molecular weight excluding hydrogens is 172 g/mol. The van der Waals surface area contributed by atoms with E-state index in [1.807, 2.05) is 18.2 Å². The molecule has 0 amide bonds. The Labute approximate surface area is 85.6 Å². The summed E-state index contributed by atoms with van der Waals surface area (Å²) in [6.07, 6.45) is 1.59. The van der Waals surface area contributed by atoms with Gasteiger partial charge in [-0.2, -0.15) is 5.26 Å².